The van der Waals surface area contributed by atoms with Crippen LogP contribution in [-0.4, -0.2) is 70.1 Å². The number of anilines is 1. The number of piperazine rings is 1. The largest absolute Gasteiger partial charge is 0.466 e. The summed E-state index contributed by atoms with van der Waals surface area (Å²) in [5.74, 6) is 0.968. The van der Waals surface area contributed by atoms with E-state index in [1.54, 1.807) is 0 Å². The number of fused-ring (bicyclic) bond motifs is 1. The summed E-state index contributed by atoms with van der Waals surface area (Å²) in [5.41, 5.74) is 5.79. The molecule has 9 heteroatoms. The summed E-state index contributed by atoms with van der Waals surface area (Å²) in [5, 5.41) is 9.13. The van der Waals surface area contributed by atoms with Crippen LogP contribution in [0.5, 0.6) is 0 Å². The highest BCUT2D eigenvalue weighted by molar-refractivity contribution is 5.69. The van der Waals surface area contributed by atoms with Gasteiger partial charge in [-0.3, -0.25) is 14.4 Å². The van der Waals surface area contributed by atoms with Crippen molar-refractivity contribution in [1.29, 1.82) is 0 Å². The second-order valence-corrected chi connectivity index (χ2v) is 10.8. The zero-order chi connectivity index (χ0) is 26.0. The molecule has 1 aliphatic heterocycles. The standard InChI is InChI=1S/C28H38N6O3/c1-5-34-23-19-28(3,4)13-11-22(23)25(30-34)27-29-26(31-37-27)20-7-9-21(10-8-20)33-17-15-32(16-18-33)14-12-24(35)36-6-2/h7-10H,5-6,11-19H2,1-4H3. The number of rotatable bonds is 8. The molecule has 0 unspecified atom stereocenters. The minimum Gasteiger partial charge on any atom is -0.466 e. The number of nitrogens with zero attached hydrogens (tertiary/aromatic N) is 6. The molecular weight excluding hydrogens is 468 g/mol. The molecule has 0 saturated carbocycles. The van der Waals surface area contributed by atoms with Crippen molar-refractivity contribution in [3.63, 3.8) is 0 Å². The van der Waals surface area contributed by atoms with Crippen LogP contribution in [0.3, 0.4) is 0 Å². The van der Waals surface area contributed by atoms with E-state index in [2.05, 4.69) is 64.7 Å². The van der Waals surface area contributed by atoms with Crippen LogP contribution in [0, 0.1) is 5.41 Å². The summed E-state index contributed by atoms with van der Waals surface area (Å²) in [6.45, 7) is 14.4. The van der Waals surface area contributed by atoms with Gasteiger partial charge < -0.3 is 14.2 Å². The second kappa shape index (κ2) is 10.7. The molecule has 0 amide bonds. The lowest BCUT2D eigenvalue weighted by Gasteiger charge is -2.36. The third-order valence-corrected chi connectivity index (χ3v) is 7.59. The molecule has 0 N–H and O–H groups in total. The number of benzene rings is 1. The van der Waals surface area contributed by atoms with Gasteiger partial charge in [-0.25, -0.2) is 0 Å². The van der Waals surface area contributed by atoms with E-state index in [1.807, 2.05) is 6.92 Å². The summed E-state index contributed by atoms with van der Waals surface area (Å²) < 4.78 is 12.8. The second-order valence-electron chi connectivity index (χ2n) is 10.8. The number of hydrogen-bond donors (Lipinski definition) is 0. The number of aryl methyl sites for hydroxylation is 1. The molecule has 9 nitrogen and oxygen atoms in total. The Bertz CT molecular complexity index is 1220. The van der Waals surface area contributed by atoms with Crippen molar-refractivity contribution in [2.24, 2.45) is 5.41 Å². The van der Waals surface area contributed by atoms with Crippen molar-refractivity contribution in [1.82, 2.24) is 24.8 Å². The smallest absolute Gasteiger partial charge is 0.307 e. The van der Waals surface area contributed by atoms with Crippen LogP contribution in [0.2, 0.25) is 0 Å². The van der Waals surface area contributed by atoms with Crippen LogP contribution >= 0.6 is 0 Å². The monoisotopic (exact) mass is 506 g/mol. The number of aromatic nitrogens is 4. The van der Waals surface area contributed by atoms with E-state index in [-0.39, 0.29) is 11.4 Å². The number of esters is 1. The fourth-order valence-electron chi connectivity index (χ4n) is 5.40. The van der Waals surface area contributed by atoms with Crippen LogP contribution in [0.1, 0.15) is 51.8 Å². The van der Waals surface area contributed by atoms with E-state index >= 15 is 0 Å². The Labute approximate surface area is 218 Å². The molecule has 2 aromatic heterocycles. The van der Waals surface area contributed by atoms with Crippen LogP contribution in [0.15, 0.2) is 28.8 Å². The van der Waals surface area contributed by atoms with Gasteiger partial charge in [0.15, 0.2) is 5.69 Å². The highest BCUT2D eigenvalue weighted by Gasteiger charge is 2.32. The molecule has 0 radical (unpaired) electrons. The topological polar surface area (TPSA) is 89.5 Å². The summed E-state index contributed by atoms with van der Waals surface area (Å²) in [4.78, 5) is 21.0. The minimum absolute atomic E-state index is 0.118. The molecular formula is C28H38N6O3. The molecule has 3 heterocycles. The number of carbonyl (C=O) groups is 1. The Morgan fingerprint density at radius 3 is 2.57 bits per heavy atom. The summed E-state index contributed by atoms with van der Waals surface area (Å²) in [6.07, 6.45) is 3.59. The lowest BCUT2D eigenvalue weighted by Crippen LogP contribution is -2.47. The molecule has 0 bridgehead atoms. The van der Waals surface area contributed by atoms with Gasteiger partial charge in [-0.05, 0) is 62.8 Å². The maximum atomic E-state index is 11.6. The molecule has 1 aliphatic carbocycles. The quantitative estimate of drug-likeness (QED) is 0.420. The average molecular weight is 507 g/mol. The molecule has 0 spiro atoms. The Hall–Kier alpha value is -3.20. The van der Waals surface area contributed by atoms with Gasteiger partial charge >= 0.3 is 5.97 Å². The molecule has 1 aromatic carbocycles. The van der Waals surface area contributed by atoms with E-state index < -0.39 is 0 Å². The number of carbonyl (C=O) groups excluding carboxylic acids is 1. The van der Waals surface area contributed by atoms with Crippen molar-refractivity contribution < 1.29 is 14.1 Å². The van der Waals surface area contributed by atoms with Gasteiger partial charge in [0.25, 0.3) is 5.89 Å². The third kappa shape index (κ3) is 5.56. The fourth-order valence-corrected chi connectivity index (χ4v) is 5.40. The Kier molecular flexibility index (Phi) is 7.33. The van der Waals surface area contributed by atoms with Crippen molar-refractivity contribution in [3.8, 4) is 23.0 Å². The Balaban J connectivity index is 1.23. The first-order valence-corrected chi connectivity index (χ1v) is 13.5. The molecule has 5 rings (SSSR count). The van der Waals surface area contributed by atoms with Crippen LogP contribution in [-0.2, 0) is 28.9 Å². The lowest BCUT2D eigenvalue weighted by atomic mass is 9.76. The Morgan fingerprint density at radius 2 is 1.86 bits per heavy atom. The van der Waals surface area contributed by atoms with Crippen molar-refractivity contribution >= 4 is 11.7 Å². The van der Waals surface area contributed by atoms with Gasteiger partial charge in [0.2, 0.25) is 5.82 Å². The van der Waals surface area contributed by atoms with Gasteiger partial charge in [-0.2, -0.15) is 10.1 Å². The van der Waals surface area contributed by atoms with E-state index in [4.69, 9.17) is 19.3 Å². The van der Waals surface area contributed by atoms with Gasteiger partial charge in [0.05, 0.1) is 13.0 Å². The van der Waals surface area contributed by atoms with E-state index in [0.29, 0.717) is 24.7 Å². The lowest BCUT2D eigenvalue weighted by molar-refractivity contribution is -0.143. The van der Waals surface area contributed by atoms with Crippen LogP contribution in [0.4, 0.5) is 5.69 Å². The molecule has 198 valence electrons. The minimum atomic E-state index is -0.118. The first-order chi connectivity index (χ1) is 17.9. The maximum absolute atomic E-state index is 11.6. The zero-order valence-electron chi connectivity index (χ0n) is 22.5. The summed E-state index contributed by atoms with van der Waals surface area (Å²) in [7, 11) is 0. The van der Waals surface area contributed by atoms with Crippen LogP contribution in [0.25, 0.3) is 23.0 Å². The molecule has 1 fully saturated rings. The number of hydrogen-bond acceptors (Lipinski definition) is 8. The molecule has 37 heavy (non-hydrogen) atoms. The maximum Gasteiger partial charge on any atom is 0.307 e. The van der Waals surface area contributed by atoms with Crippen molar-refractivity contribution in [3.05, 3.63) is 35.5 Å². The predicted octanol–water partition coefficient (Wildman–Crippen LogP) is 4.21. The molecule has 0 atom stereocenters. The first-order valence-electron chi connectivity index (χ1n) is 13.5. The third-order valence-electron chi connectivity index (χ3n) is 7.59. The van der Waals surface area contributed by atoms with E-state index in [9.17, 15) is 4.79 Å². The average Bonchev–Trinajstić information content (AvgIpc) is 3.52. The predicted molar refractivity (Wildman–Crippen MR) is 142 cm³/mol. The van der Waals surface area contributed by atoms with Gasteiger partial charge in [0.1, 0.15) is 0 Å². The van der Waals surface area contributed by atoms with Crippen LogP contribution < -0.4 is 4.90 Å². The van der Waals surface area contributed by atoms with Gasteiger partial charge in [-0.1, -0.05) is 19.0 Å². The highest BCUT2D eigenvalue weighted by atomic mass is 16.5. The number of ether oxygens (including phenoxy) is 1. The Morgan fingerprint density at radius 1 is 1.11 bits per heavy atom. The zero-order valence-corrected chi connectivity index (χ0v) is 22.5. The molecule has 1 saturated heterocycles. The highest BCUT2D eigenvalue weighted by Crippen LogP contribution is 2.39. The first kappa shape index (κ1) is 25.4. The van der Waals surface area contributed by atoms with Crippen molar-refractivity contribution in [2.75, 3.05) is 44.2 Å². The van der Waals surface area contributed by atoms with Gasteiger partial charge in [-0.15, -0.1) is 0 Å². The molecule has 2 aliphatic rings. The molecule has 3 aromatic rings. The normalized spacial score (nSPS) is 17.6. The van der Waals surface area contributed by atoms with E-state index in [0.717, 1.165) is 69.8 Å². The SMILES string of the molecule is CCOC(=O)CCN1CCN(c2ccc(-c3noc(-c4nn(CC)c5c4CCC(C)(C)C5)n3)cc2)CC1. The van der Waals surface area contributed by atoms with Crippen molar-refractivity contribution in [2.45, 2.75) is 59.9 Å². The fraction of sp³-hybridized carbons (Fsp3) is 0.571. The summed E-state index contributed by atoms with van der Waals surface area (Å²) >= 11 is 0. The van der Waals surface area contributed by atoms with Gasteiger partial charge in [0, 0.05) is 61.8 Å². The van der Waals surface area contributed by atoms with E-state index in [1.165, 1.54) is 16.9 Å². The summed E-state index contributed by atoms with van der Waals surface area (Å²) in [6, 6.07) is 8.35.